The standard InChI is InChI=1S/C19H21NO3/c1-13-9-14(2)11-16(10-13)20-19(21)8-6-15-5-7-17(22-3)12-18(15)23-4/h5-12H,1-4H3,(H,20,21). The van der Waals surface area contributed by atoms with Crippen molar-refractivity contribution >= 4 is 17.7 Å². The van der Waals surface area contributed by atoms with Gasteiger partial charge in [-0.15, -0.1) is 0 Å². The van der Waals surface area contributed by atoms with E-state index < -0.39 is 0 Å². The number of carbonyl (C=O) groups excluding carboxylic acids is 1. The number of carbonyl (C=O) groups is 1. The maximum Gasteiger partial charge on any atom is 0.248 e. The van der Waals surface area contributed by atoms with Crippen LogP contribution in [-0.2, 0) is 4.79 Å². The van der Waals surface area contributed by atoms with Crippen LogP contribution >= 0.6 is 0 Å². The number of nitrogens with one attached hydrogen (secondary N) is 1. The molecule has 1 amide bonds. The fraction of sp³-hybridized carbons (Fsp3) is 0.211. The van der Waals surface area contributed by atoms with E-state index in [0.717, 1.165) is 22.4 Å². The van der Waals surface area contributed by atoms with Crippen LogP contribution in [0.25, 0.3) is 6.08 Å². The van der Waals surface area contributed by atoms with Gasteiger partial charge in [-0.3, -0.25) is 4.79 Å². The molecule has 0 fully saturated rings. The summed E-state index contributed by atoms with van der Waals surface area (Å²) in [4.78, 5) is 12.1. The second kappa shape index (κ2) is 7.49. The number of anilines is 1. The van der Waals surface area contributed by atoms with Crippen molar-refractivity contribution in [3.63, 3.8) is 0 Å². The minimum atomic E-state index is -0.187. The molecular formula is C19H21NO3. The molecule has 0 bridgehead atoms. The van der Waals surface area contributed by atoms with Crippen molar-refractivity contribution < 1.29 is 14.3 Å². The molecule has 0 aliphatic rings. The van der Waals surface area contributed by atoms with Crippen LogP contribution in [0.2, 0.25) is 0 Å². The monoisotopic (exact) mass is 311 g/mol. The molecular weight excluding hydrogens is 290 g/mol. The highest BCUT2D eigenvalue weighted by molar-refractivity contribution is 6.02. The molecule has 0 heterocycles. The van der Waals surface area contributed by atoms with Crippen molar-refractivity contribution in [3.05, 3.63) is 59.2 Å². The molecule has 120 valence electrons. The molecule has 0 aromatic heterocycles. The molecule has 2 aromatic rings. The van der Waals surface area contributed by atoms with Crippen molar-refractivity contribution in [1.82, 2.24) is 0 Å². The fourth-order valence-electron chi connectivity index (χ4n) is 2.35. The predicted octanol–water partition coefficient (Wildman–Crippen LogP) is 3.97. The number of methoxy groups -OCH3 is 2. The van der Waals surface area contributed by atoms with Gasteiger partial charge in [0.15, 0.2) is 0 Å². The lowest BCUT2D eigenvalue weighted by Gasteiger charge is -2.08. The first-order chi connectivity index (χ1) is 11.0. The molecule has 4 nitrogen and oxygen atoms in total. The third-order valence-corrected chi connectivity index (χ3v) is 3.34. The molecule has 0 aliphatic heterocycles. The van der Waals surface area contributed by atoms with E-state index in [1.54, 1.807) is 26.4 Å². The summed E-state index contributed by atoms with van der Waals surface area (Å²) in [7, 11) is 3.18. The molecule has 2 aromatic carbocycles. The average molecular weight is 311 g/mol. The Hall–Kier alpha value is -2.75. The van der Waals surface area contributed by atoms with E-state index in [2.05, 4.69) is 11.4 Å². The van der Waals surface area contributed by atoms with Gasteiger partial charge in [-0.25, -0.2) is 0 Å². The van der Waals surface area contributed by atoms with Crippen LogP contribution in [0.4, 0.5) is 5.69 Å². The van der Waals surface area contributed by atoms with Gasteiger partial charge in [0.25, 0.3) is 0 Å². The molecule has 4 heteroatoms. The average Bonchev–Trinajstić information content (AvgIpc) is 2.51. The third kappa shape index (κ3) is 4.61. The zero-order valence-electron chi connectivity index (χ0n) is 13.8. The maximum absolute atomic E-state index is 12.1. The lowest BCUT2D eigenvalue weighted by atomic mass is 10.1. The van der Waals surface area contributed by atoms with Crippen molar-refractivity contribution in [2.45, 2.75) is 13.8 Å². The van der Waals surface area contributed by atoms with E-state index in [-0.39, 0.29) is 5.91 Å². The largest absolute Gasteiger partial charge is 0.497 e. The maximum atomic E-state index is 12.1. The molecule has 0 saturated carbocycles. The Morgan fingerprint density at radius 1 is 1.00 bits per heavy atom. The summed E-state index contributed by atoms with van der Waals surface area (Å²) in [5.41, 5.74) is 3.82. The Morgan fingerprint density at radius 3 is 2.30 bits per heavy atom. The molecule has 0 radical (unpaired) electrons. The Bertz CT molecular complexity index is 715. The van der Waals surface area contributed by atoms with Crippen LogP contribution in [0.5, 0.6) is 11.5 Å². The van der Waals surface area contributed by atoms with Gasteiger partial charge in [0.2, 0.25) is 5.91 Å². The summed E-state index contributed by atoms with van der Waals surface area (Å²) in [6.07, 6.45) is 3.21. The number of ether oxygens (including phenoxy) is 2. The first-order valence-electron chi connectivity index (χ1n) is 7.31. The Balaban J connectivity index is 2.12. The topological polar surface area (TPSA) is 47.6 Å². The van der Waals surface area contributed by atoms with Crippen LogP contribution < -0.4 is 14.8 Å². The molecule has 0 spiro atoms. The highest BCUT2D eigenvalue weighted by Crippen LogP contribution is 2.25. The molecule has 1 N–H and O–H groups in total. The van der Waals surface area contributed by atoms with Gasteiger partial charge in [0, 0.05) is 23.4 Å². The number of hydrogen-bond donors (Lipinski definition) is 1. The third-order valence-electron chi connectivity index (χ3n) is 3.34. The number of rotatable bonds is 5. The predicted molar refractivity (Wildman–Crippen MR) is 93.1 cm³/mol. The first-order valence-corrected chi connectivity index (χ1v) is 7.31. The van der Waals surface area contributed by atoms with E-state index in [1.807, 2.05) is 38.1 Å². The van der Waals surface area contributed by atoms with Crippen LogP contribution in [0.3, 0.4) is 0 Å². The summed E-state index contributed by atoms with van der Waals surface area (Å²) in [6.45, 7) is 4.00. The normalized spacial score (nSPS) is 10.6. The van der Waals surface area contributed by atoms with Gasteiger partial charge >= 0.3 is 0 Å². The first kappa shape index (κ1) is 16.6. The summed E-state index contributed by atoms with van der Waals surface area (Å²) in [6, 6.07) is 11.4. The number of amides is 1. The highest BCUT2D eigenvalue weighted by atomic mass is 16.5. The summed E-state index contributed by atoms with van der Waals surface area (Å²) in [5, 5.41) is 2.86. The van der Waals surface area contributed by atoms with E-state index in [0.29, 0.717) is 11.5 Å². The van der Waals surface area contributed by atoms with Crippen LogP contribution in [0.1, 0.15) is 16.7 Å². The van der Waals surface area contributed by atoms with E-state index >= 15 is 0 Å². The zero-order chi connectivity index (χ0) is 16.8. The van der Waals surface area contributed by atoms with Gasteiger partial charge < -0.3 is 14.8 Å². The smallest absolute Gasteiger partial charge is 0.248 e. The van der Waals surface area contributed by atoms with Gasteiger partial charge in [-0.2, -0.15) is 0 Å². The summed E-state index contributed by atoms with van der Waals surface area (Å²) in [5.74, 6) is 1.17. The number of aryl methyl sites for hydroxylation is 2. The van der Waals surface area contributed by atoms with Gasteiger partial charge in [0.05, 0.1) is 14.2 Å². The fourth-order valence-corrected chi connectivity index (χ4v) is 2.35. The molecule has 0 saturated heterocycles. The SMILES string of the molecule is COc1ccc(C=CC(=O)Nc2cc(C)cc(C)c2)c(OC)c1. The van der Waals surface area contributed by atoms with E-state index in [4.69, 9.17) is 9.47 Å². The minimum absolute atomic E-state index is 0.187. The molecule has 0 aliphatic carbocycles. The van der Waals surface area contributed by atoms with Crippen LogP contribution in [0.15, 0.2) is 42.5 Å². The van der Waals surface area contributed by atoms with E-state index in [9.17, 15) is 4.79 Å². The summed E-state index contributed by atoms with van der Waals surface area (Å²) < 4.78 is 10.5. The minimum Gasteiger partial charge on any atom is -0.497 e. The van der Waals surface area contributed by atoms with Crippen molar-refractivity contribution in [2.75, 3.05) is 19.5 Å². The van der Waals surface area contributed by atoms with Crippen LogP contribution in [-0.4, -0.2) is 20.1 Å². The number of hydrogen-bond acceptors (Lipinski definition) is 3. The zero-order valence-corrected chi connectivity index (χ0v) is 13.8. The summed E-state index contributed by atoms with van der Waals surface area (Å²) >= 11 is 0. The van der Waals surface area contributed by atoms with Crippen molar-refractivity contribution in [3.8, 4) is 11.5 Å². The Labute approximate surface area is 136 Å². The van der Waals surface area contributed by atoms with E-state index in [1.165, 1.54) is 6.08 Å². The Morgan fingerprint density at radius 2 is 1.70 bits per heavy atom. The molecule has 0 unspecified atom stereocenters. The van der Waals surface area contributed by atoms with Crippen molar-refractivity contribution in [1.29, 1.82) is 0 Å². The van der Waals surface area contributed by atoms with Gasteiger partial charge in [0.1, 0.15) is 11.5 Å². The number of benzene rings is 2. The highest BCUT2D eigenvalue weighted by Gasteiger charge is 2.04. The van der Waals surface area contributed by atoms with Gasteiger partial charge in [-0.1, -0.05) is 6.07 Å². The second-order valence-electron chi connectivity index (χ2n) is 5.31. The molecule has 2 rings (SSSR count). The lowest BCUT2D eigenvalue weighted by molar-refractivity contribution is -0.111. The molecule has 0 atom stereocenters. The Kier molecular flexibility index (Phi) is 5.41. The second-order valence-corrected chi connectivity index (χ2v) is 5.31. The van der Waals surface area contributed by atoms with Crippen LogP contribution in [0, 0.1) is 13.8 Å². The quantitative estimate of drug-likeness (QED) is 0.850. The van der Waals surface area contributed by atoms with Gasteiger partial charge in [-0.05, 0) is 55.3 Å². The molecule has 23 heavy (non-hydrogen) atoms. The lowest BCUT2D eigenvalue weighted by Crippen LogP contribution is -2.08. The van der Waals surface area contributed by atoms with Crippen molar-refractivity contribution in [2.24, 2.45) is 0 Å².